The number of hydrogen-bond donors (Lipinski definition) is 1. The molecule has 0 aromatic rings. The molecule has 2 saturated heterocycles. The summed E-state index contributed by atoms with van der Waals surface area (Å²) in [6.45, 7) is 7.83. The minimum atomic E-state index is -0.652. The maximum atomic E-state index is 11.4. The molecule has 0 saturated carbocycles. The van der Waals surface area contributed by atoms with E-state index in [9.17, 15) is 9.90 Å². The van der Waals surface area contributed by atoms with Gasteiger partial charge in [-0.1, -0.05) is 0 Å². The highest BCUT2D eigenvalue weighted by atomic mass is 16.5. The van der Waals surface area contributed by atoms with E-state index in [4.69, 9.17) is 4.74 Å². The van der Waals surface area contributed by atoms with Gasteiger partial charge in [-0.25, -0.2) is 0 Å². The Morgan fingerprint density at radius 1 is 1.33 bits per heavy atom. The van der Waals surface area contributed by atoms with Gasteiger partial charge in [0.25, 0.3) is 0 Å². The standard InChI is InChI=1S/C14H25NO3/c1-10-7-12(8-11(2)18-10)15-6-4-5-14(3,9-15)13(16)17/h10-12H,4-9H2,1-3H3,(H,16,17). The monoisotopic (exact) mass is 255 g/mol. The Hall–Kier alpha value is -0.610. The van der Waals surface area contributed by atoms with E-state index in [2.05, 4.69) is 18.7 Å². The van der Waals surface area contributed by atoms with Crippen molar-refractivity contribution in [3.05, 3.63) is 0 Å². The number of nitrogens with zero attached hydrogens (tertiary/aromatic N) is 1. The lowest BCUT2D eigenvalue weighted by Gasteiger charge is -2.45. The van der Waals surface area contributed by atoms with Crippen molar-refractivity contribution in [1.29, 1.82) is 0 Å². The van der Waals surface area contributed by atoms with Crippen LogP contribution in [0.3, 0.4) is 0 Å². The number of carboxylic acid groups (broad SMARTS) is 1. The van der Waals surface area contributed by atoms with E-state index in [1.54, 1.807) is 0 Å². The van der Waals surface area contributed by atoms with E-state index in [0.29, 0.717) is 12.6 Å². The number of carbonyl (C=O) groups is 1. The van der Waals surface area contributed by atoms with Crippen molar-refractivity contribution in [2.75, 3.05) is 13.1 Å². The van der Waals surface area contributed by atoms with Crippen molar-refractivity contribution < 1.29 is 14.6 Å². The largest absolute Gasteiger partial charge is 0.481 e. The predicted octanol–water partition coefficient (Wildman–Crippen LogP) is 2.13. The van der Waals surface area contributed by atoms with Gasteiger partial charge in [-0.2, -0.15) is 0 Å². The summed E-state index contributed by atoms with van der Waals surface area (Å²) in [6, 6.07) is 0.489. The predicted molar refractivity (Wildman–Crippen MR) is 69.6 cm³/mol. The van der Waals surface area contributed by atoms with Crippen LogP contribution in [0.2, 0.25) is 0 Å². The van der Waals surface area contributed by atoms with Crippen LogP contribution < -0.4 is 0 Å². The SMILES string of the molecule is CC1CC(N2CCCC(C)(C(=O)O)C2)CC(C)O1. The van der Waals surface area contributed by atoms with Crippen LogP contribution in [0.4, 0.5) is 0 Å². The number of carboxylic acids is 1. The van der Waals surface area contributed by atoms with Gasteiger partial charge in [0.15, 0.2) is 0 Å². The number of rotatable bonds is 2. The lowest BCUT2D eigenvalue weighted by molar-refractivity contribution is -0.153. The first-order chi connectivity index (χ1) is 8.40. The fourth-order valence-corrected chi connectivity index (χ4v) is 3.43. The summed E-state index contributed by atoms with van der Waals surface area (Å²) >= 11 is 0. The second-order valence-electron chi connectivity index (χ2n) is 6.32. The molecule has 0 amide bonds. The van der Waals surface area contributed by atoms with Crippen molar-refractivity contribution in [3.8, 4) is 0 Å². The molecule has 2 aliphatic rings. The lowest BCUT2D eigenvalue weighted by Crippen LogP contribution is -2.52. The summed E-state index contributed by atoms with van der Waals surface area (Å²) < 4.78 is 5.76. The van der Waals surface area contributed by atoms with E-state index in [0.717, 1.165) is 32.2 Å². The summed E-state index contributed by atoms with van der Waals surface area (Å²) in [4.78, 5) is 13.8. The highest BCUT2D eigenvalue weighted by Crippen LogP contribution is 2.34. The summed E-state index contributed by atoms with van der Waals surface area (Å²) in [7, 11) is 0. The van der Waals surface area contributed by atoms with Gasteiger partial charge < -0.3 is 9.84 Å². The van der Waals surface area contributed by atoms with Crippen LogP contribution in [0.5, 0.6) is 0 Å². The van der Waals surface area contributed by atoms with Crippen molar-refractivity contribution in [1.82, 2.24) is 4.90 Å². The van der Waals surface area contributed by atoms with E-state index >= 15 is 0 Å². The molecule has 4 heteroatoms. The Labute approximate surface area is 109 Å². The topological polar surface area (TPSA) is 49.8 Å². The maximum absolute atomic E-state index is 11.4. The van der Waals surface area contributed by atoms with Crippen molar-refractivity contribution in [2.24, 2.45) is 5.41 Å². The molecule has 104 valence electrons. The van der Waals surface area contributed by atoms with Gasteiger partial charge in [0.1, 0.15) is 0 Å². The van der Waals surface area contributed by atoms with E-state index in [1.165, 1.54) is 0 Å². The Kier molecular flexibility index (Phi) is 3.97. The average Bonchev–Trinajstić information content (AvgIpc) is 2.27. The second-order valence-corrected chi connectivity index (χ2v) is 6.32. The summed E-state index contributed by atoms with van der Waals surface area (Å²) in [5, 5.41) is 9.37. The summed E-state index contributed by atoms with van der Waals surface area (Å²) in [5.41, 5.74) is -0.566. The fraction of sp³-hybridized carbons (Fsp3) is 0.929. The quantitative estimate of drug-likeness (QED) is 0.821. The van der Waals surface area contributed by atoms with Crippen LogP contribution in [-0.4, -0.2) is 47.3 Å². The van der Waals surface area contributed by atoms with Crippen LogP contribution in [-0.2, 0) is 9.53 Å². The molecule has 0 radical (unpaired) electrons. The van der Waals surface area contributed by atoms with Crippen LogP contribution >= 0.6 is 0 Å². The third-order valence-corrected chi connectivity index (χ3v) is 4.43. The molecule has 4 nitrogen and oxygen atoms in total. The highest BCUT2D eigenvalue weighted by molar-refractivity contribution is 5.74. The molecular formula is C14H25NO3. The van der Waals surface area contributed by atoms with Crippen LogP contribution in [0.15, 0.2) is 0 Å². The number of piperidine rings is 1. The third-order valence-electron chi connectivity index (χ3n) is 4.43. The van der Waals surface area contributed by atoms with Gasteiger partial charge in [0.05, 0.1) is 17.6 Å². The number of aliphatic carboxylic acids is 1. The van der Waals surface area contributed by atoms with Crippen LogP contribution in [0.25, 0.3) is 0 Å². The van der Waals surface area contributed by atoms with E-state index in [-0.39, 0.29) is 12.2 Å². The number of hydrogen-bond acceptors (Lipinski definition) is 3. The Bertz CT molecular complexity index is 310. The Morgan fingerprint density at radius 3 is 2.50 bits per heavy atom. The molecule has 3 atom stereocenters. The van der Waals surface area contributed by atoms with Gasteiger partial charge in [-0.3, -0.25) is 9.69 Å². The third kappa shape index (κ3) is 2.86. The van der Waals surface area contributed by atoms with Crippen LogP contribution in [0, 0.1) is 5.41 Å². The molecule has 2 fully saturated rings. The maximum Gasteiger partial charge on any atom is 0.310 e. The first kappa shape index (κ1) is 13.8. The molecule has 1 N–H and O–H groups in total. The molecule has 0 aromatic carbocycles. The van der Waals surface area contributed by atoms with Gasteiger partial charge in [0.2, 0.25) is 0 Å². The number of ether oxygens (including phenoxy) is 1. The zero-order valence-electron chi connectivity index (χ0n) is 11.7. The lowest BCUT2D eigenvalue weighted by atomic mass is 9.80. The van der Waals surface area contributed by atoms with Gasteiger partial charge >= 0.3 is 5.97 Å². The average molecular weight is 255 g/mol. The van der Waals surface area contributed by atoms with Crippen molar-refractivity contribution in [2.45, 2.75) is 64.7 Å². The molecule has 0 spiro atoms. The summed E-state index contributed by atoms with van der Waals surface area (Å²) in [6.07, 6.45) is 4.42. The van der Waals surface area contributed by atoms with Gasteiger partial charge in [-0.05, 0) is 53.0 Å². The molecular weight excluding hydrogens is 230 g/mol. The smallest absolute Gasteiger partial charge is 0.310 e. The molecule has 18 heavy (non-hydrogen) atoms. The first-order valence-corrected chi connectivity index (χ1v) is 7.03. The van der Waals surface area contributed by atoms with Crippen molar-refractivity contribution in [3.63, 3.8) is 0 Å². The van der Waals surface area contributed by atoms with Gasteiger partial charge in [-0.15, -0.1) is 0 Å². The molecule has 2 heterocycles. The molecule has 2 aliphatic heterocycles. The first-order valence-electron chi connectivity index (χ1n) is 7.03. The molecule has 0 aliphatic carbocycles. The Morgan fingerprint density at radius 2 is 1.94 bits per heavy atom. The van der Waals surface area contributed by atoms with Crippen molar-refractivity contribution >= 4 is 5.97 Å². The highest BCUT2D eigenvalue weighted by Gasteiger charge is 2.41. The second kappa shape index (κ2) is 5.17. The van der Waals surface area contributed by atoms with E-state index < -0.39 is 11.4 Å². The van der Waals surface area contributed by atoms with E-state index in [1.807, 2.05) is 6.92 Å². The zero-order chi connectivity index (χ0) is 13.3. The Balaban J connectivity index is 2.02. The van der Waals surface area contributed by atoms with Crippen LogP contribution in [0.1, 0.15) is 46.5 Å². The zero-order valence-corrected chi connectivity index (χ0v) is 11.7. The number of likely N-dealkylation sites (tertiary alicyclic amines) is 1. The molecule has 0 bridgehead atoms. The molecule has 2 rings (SSSR count). The normalized spacial score (nSPS) is 42.7. The van der Waals surface area contributed by atoms with Gasteiger partial charge in [0, 0.05) is 12.6 Å². The minimum absolute atomic E-state index is 0.289. The fourth-order valence-electron chi connectivity index (χ4n) is 3.43. The summed E-state index contributed by atoms with van der Waals surface area (Å²) in [5.74, 6) is -0.652. The minimum Gasteiger partial charge on any atom is -0.481 e. The molecule has 0 aromatic heterocycles. The molecule has 3 unspecified atom stereocenters.